The van der Waals surface area contributed by atoms with Gasteiger partial charge in [0, 0.05) is 13.0 Å². The highest BCUT2D eigenvalue weighted by Crippen LogP contribution is 2.21. The number of phenols is 1. The number of hydrogen-bond acceptors (Lipinski definition) is 9. The summed E-state index contributed by atoms with van der Waals surface area (Å²) >= 11 is 0. The first kappa shape index (κ1) is 38.5. The number of aromatic hydroxyl groups is 1. The molecule has 260 valence electrons. The second kappa shape index (κ2) is 17.3. The molecule has 6 atom stereocenters. The normalized spacial score (nSPS) is 17.6. The summed E-state index contributed by atoms with van der Waals surface area (Å²) < 4.78 is 0. The molecule has 11 N–H and O–H groups in total. The molecule has 1 aliphatic heterocycles. The Hall–Kier alpha value is -4.73. The van der Waals surface area contributed by atoms with Gasteiger partial charge in [0.15, 0.2) is 0 Å². The molecule has 0 aromatic heterocycles. The monoisotopic (exact) mass is 660 g/mol. The Morgan fingerprint density at radius 2 is 1.38 bits per heavy atom. The predicted molar refractivity (Wildman–Crippen MR) is 171 cm³/mol. The summed E-state index contributed by atoms with van der Waals surface area (Å²) in [5.41, 5.74) is 16.9. The Bertz CT molecular complexity index is 1320. The standard InChI is InChI=1S/C31H48N8O8/c1-15(2)24(26(34)42)37-30(46)25(16(3)4)38-29(45)22-7-6-12-39(22)31(47)21(13-18-8-10-19(40)11-9-18)36-28(44)20(14-23(33)41)35-27(43)17(5)32/h8-11,15-17,20-22,24-25,40H,6-7,12-14,32H2,1-5H3,(H2,33,41)(H2,34,42)(H,35,43)(H,36,44)(H,37,46)(H,38,45). The first-order valence-corrected chi connectivity index (χ1v) is 15.6. The highest BCUT2D eigenvalue weighted by Gasteiger charge is 2.40. The zero-order chi connectivity index (χ0) is 35.6. The molecule has 1 saturated heterocycles. The van der Waals surface area contributed by atoms with Crippen LogP contribution in [0.2, 0.25) is 0 Å². The summed E-state index contributed by atoms with van der Waals surface area (Å²) in [6.07, 6.45) is 0.0921. The van der Waals surface area contributed by atoms with Crippen molar-refractivity contribution in [3.63, 3.8) is 0 Å². The van der Waals surface area contributed by atoms with Gasteiger partial charge in [-0.1, -0.05) is 39.8 Å². The lowest BCUT2D eigenvalue weighted by atomic mass is 9.99. The molecule has 16 heteroatoms. The quantitative estimate of drug-likeness (QED) is 0.0962. The predicted octanol–water partition coefficient (Wildman–Crippen LogP) is -2.12. The molecule has 1 aromatic rings. The molecule has 0 spiro atoms. The first-order valence-electron chi connectivity index (χ1n) is 15.6. The maximum absolute atomic E-state index is 14.0. The van der Waals surface area contributed by atoms with Crippen LogP contribution in [0.4, 0.5) is 0 Å². The molecule has 1 aromatic carbocycles. The van der Waals surface area contributed by atoms with E-state index in [-0.39, 0.29) is 37.0 Å². The van der Waals surface area contributed by atoms with Crippen molar-refractivity contribution < 1.29 is 38.7 Å². The number of likely N-dealkylation sites (tertiary alicyclic amines) is 1. The maximum atomic E-state index is 14.0. The SMILES string of the molecule is CC(N)C(=O)NC(CC(N)=O)C(=O)NC(Cc1ccc(O)cc1)C(=O)N1CCCC1C(=O)NC(C(=O)NC(C(N)=O)C(C)C)C(C)C. The minimum atomic E-state index is -1.43. The number of carbonyl (C=O) groups excluding carboxylic acids is 7. The molecule has 0 saturated carbocycles. The maximum Gasteiger partial charge on any atom is 0.246 e. The van der Waals surface area contributed by atoms with Crippen LogP contribution in [0.25, 0.3) is 0 Å². The Balaban J connectivity index is 2.34. The number of primary amides is 2. The van der Waals surface area contributed by atoms with E-state index in [1.165, 1.54) is 24.0 Å². The Labute approximate surface area is 273 Å². The van der Waals surface area contributed by atoms with Crippen LogP contribution in [0, 0.1) is 11.8 Å². The van der Waals surface area contributed by atoms with Gasteiger partial charge in [-0.2, -0.15) is 0 Å². The van der Waals surface area contributed by atoms with Crippen molar-refractivity contribution in [2.75, 3.05) is 6.54 Å². The average Bonchev–Trinajstić information content (AvgIpc) is 3.47. The number of nitrogens with two attached hydrogens (primary N) is 3. The number of rotatable bonds is 16. The van der Waals surface area contributed by atoms with E-state index in [1.54, 1.807) is 39.8 Å². The van der Waals surface area contributed by atoms with E-state index in [1.807, 2.05) is 0 Å². The zero-order valence-electron chi connectivity index (χ0n) is 27.4. The molecule has 0 radical (unpaired) electrons. The van der Waals surface area contributed by atoms with Gasteiger partial charge in [0.05, 0.1) is 12.5 Å². The lowest BCUT2D eigenvalue weighted by molar-refractivity contribution is -0.143. The number of nitrogens with zero attached hydrogens (tertiary/aromatic N) is 1. The molecular formula is C31H48N8O8. The second-order valence-corrected chi connectivity index (χ2v) is 12.5. The molecule has 6 unspecified atom stereocenters. The largest absolute Gasteiger partial charge is 0.508 e. The lowest BCUT2D eigenvalue weighted by Crippen LogP contribution is -2.60. The molecule has 1 aliphatic rings. The Morgan fingerprint density at radius 1 is 0.809 bits per heavy atom. The average molecular weight is 661 g/mol. The zero-order valence-corrected chi connectivity index (χ0v) is 27.4. The summed E-state index contributed by atoms with van der Waals surface area (Å²) in [5, 5.41) is 20.0. The molecule has 2 rings (SSSR count). The van der Waals surface area contributed by atoms with E-state index in [0.717, 1.165) is 0 Å². The minimum absolute atomic E-state index is 0.0173. The van der Waals surface area contributed by atoms with Gasteiger partial charge in [0.1, 0.15) is 36.0 Å². The molecule has 1 heterocycles. The van der Waals surface area contributed by atoms with Gasteiger partial charge in [-0.25, -0.2) is 0 Å². The fourth-order valence-electron chi connectivity index (χ4n) is 5.15. The van der Waals surface area contributed by atoms with Crippen LogP contribution in [0.1, 0.15) is 59.4 Å². The summed E-state index contributed by atoms with van der Waals surface area (Å²) in [6.45, 7) is 8.42. The van der Waals surface area contributed by atoms with Crippen LogP contribution >= 0.6 is 0 Å². The lowest BCUT2D eigenvalue weighted by Gasteiger charge is -2.31. The number of amides is 7. The molecule has 47 heavy (non-hydrogen) atoms. The second-order valence-electron chi connectivity index (χ2n) is 12.5. The van der Waals surface area contributed by atoms with Crippen LogP contribution < -0.4 is 38.5 Å². The molecule has 16 nitrogen and oxygen atoms in total. The van der Waals surface area contributed by atoms with Crippen molar-refractivity contribution in [1.82, 2.24) is 26.2 Å². The third-order valence-corrected chi connectivity index (χ3v) is 7.80. The fourth-order valence-corrected chi connectivity index (χ4v) is 5.15. The third-order valence-electron chi connectivity index (χ3n) is 7.80. The van der Waals surface area contributed by atoms with Gasteiger partial charge < -0.3 is 48.5 Å². The van der Waals surface area contributed by atoms with Crippen LogP contribution in [-0.2, 0) is 40.0 Å². The fraction of sp³-hybridized carbons (Fsp3) is 0.581. The van der Waals surface area contributed by atoms with Gasteiger partial charge in [-0.05, 0) is 49.3 Å². The van der Waals surface area contributed by atoms with Crippen molar-refractivity contribution in [2.24, 2.45) is 29.0 Å². The van der Waals surface area contributed by atoms with Gasteiger partial charge in [-0.3, -0.25) is 33.6 Å². The van der Waals surface area contributed by atoms with E-state index in [4.69, 9.17) is 17.2 Å². The summed E-state index contributed by atoms with van der Waals surface area (Å²) in [7, 11) is 0. The molecule has 1 fully saturated rings. The smallest absolute Gasteiger partial charge is 0.246 e. The Morgan fingerprint density at radius 3 is 1.89 bits per heavy atom. The third kappa shape index (κ3) is 11.2. The Kier molecular flexibility index (Phi) is 14.1. The van der Waals surface area contributed by atoms with Gasteiger partial charge >= 0.3 is 0 Å². The van der Waals surface area contributed by atoms with E-state index in [2.05, 4.69) is 21.3 Å². The van der Waals surface area contributed by atoms with Crippen LogP contribution in [0.15, 0.2) is 24.3 Å². The highest BCUT2D eigenvalue weighted by molar-refractivity contribution is 5.98. The topological polar surface area (TPSA) is 269 Å². The summed E-state index contributed by atoms with van der Waals surface area (Å²) in [5.74, 6) is -5.72. The number of hydrogen-bond donors (Lipinski definition) is 8. The van der Waals surface area contributed by atoms with Crippen LogP contribution in [-0.4, -0.2) is 94.2 Å². The van der Waals surface area contributed by atoms with Crippen molar-refractivity contribution >= 4 is 41.4 Å². The number of carbonyl (C=O) groups is 7. The first-order chi connectivity index (χ1) is 21.9. The van der Waals surface area contributed by atoms with E-state index in [9.17, 15) is 38.7 Å². The van der Waals surface area contributed by atoms with E-state index >= 15 is 0 Å². The van der Waals surface area contributed by atoms with Crippen molar-refractivity contribution in [3.8, 4) is 5.75 Å². The van der Waals surface area contributed by atoms with E-state index < -0.39 is 84.0 Å². The summed E-state index contributed by atoms with van der Waals surface area (Å²) in [6, 6.07) is -0.775. The highest BCUT2D eigenvalue weighted by atomic mass is 16.3. The number of benzene rings is 1. The van der Waals surface area contributed by atoms with Crippen LogP contribution in [0.5, 0.6) is 5.75 Å². The molecule has 7 amide bonds. The van der Waals surface area contributed by atoms with Crippen molar-refractivity contribution in [2.45, 2.75) is 96.6 Å². The molecular weight excluding hydrogens is 612 g/mol. The summed E-state index contributed by atoms with van der Waals surface area (Å²) in [4.78, 5) is 91.3. The van der Waals surface area contributed by atoms with Crippen molar-refractivity contribution in [1.29, 1.82) is 0 Å². The van der Waals surface area contributed by atoms with Gasteiger partial charge in [-0.15, -0.1) is 0 Å². The molecule has 0 aliphatic carbocycles. The molecule has 0 bridgehead atoms. The van der Waals surface area contributed by atoms with Crippen molar-refractivity contribution in [3.05, 3.63) is 29.8 Å². The van der Waals surface area contributed by atoms with E-state index in [0.29, 0.717) is 12.0 Å². The number of nitrogens with one attached hydrogen (secondary N) is 4. The number of phenolic OH excluding ortho intramolecular Hbond substituents is 1. The van der Waals surface area contributed by atoms with Gasteiger partial charge in [0.2, 0.25) is 41.4 Å². The minimum Gasteiger partial charge on any atom is -0.508 e. The van der Waals surface area contributed by atoms with Crippen LogP contribution in [0.3, 0.4) is 0 Å². The van der Waals surface area contributed by atoms with Gasteiger partial charge in [0.25, 0.3) is 0 Å².